The number of aromatic nitrogens is 1. The number of benzene rings is 1. The molecular weight excluding hydrogens is 262 g/mol. The van der Waals surface area contributed by atoms with E-state index in [1.54, 1.807) is 25.4 Å². The molecule has 1 N–H and O–H groups in total. The maximum atomic E-state index is 9.96. The zero-order chi connectivity index (χ0) is 15.2. The summed E-state index contributed by atoms with van der Waals surface area (Å²) in [4.78, 5) is 6.17. The lowest BCUT2D eigenvalue weighted by molar-refractivity contribution is 0.199. The number of rotatable bonds is 5. The Labute approximate surface area is 125 Å². The van der Waals surface area contributed by atoms with Crippen LogP contribution in [0.15, 0.2) is 42.7 Å². The third kappa shape index (κ3) is 3.59. The van der Waals surface area contributed by atoms with E-state index in [1.165, 1.54) is 0 Å². The Morgan fingerprint density at radius 3 is 2.57 bits per heavy atom. The highest BCUT2D eigenvalue weighted by atomic mass is 16.3. The number of nitrogens with zero attached hydrogens (tertiary/aromatic N) is 3. The number of aliphatic hydroxyl groups excluding tert-OH is 1. The Bertz CT molecular complexity index is 632. The number of aliphatic hydroxyl groups is 1. The molecule has 0 fully saturated rings. The predicted molar refractivity (Wildman–Crippen MR) is 82.8 cm³/mol. The van der Waals surface area contributed by atoms with Gasteiger partial charge in [0.25, 0.3) is 0 Å². The van der Waals surface area contributed by atoms with E-state index in [2.05, 4.69) is 22.9 Å². The summed E-state index contributed by atoms with van der Waals surface area (Å²) in [6.07, 6.45) is 2.97. The molecule has 0 saturated heterocycles. The van der Waals surface area contributed by atoms with Gasteiger partial charge in [0.15, 0.2) is 0 Å². The van der Waals surface area contributed by atoms with Gasteiger partial charge in [-0.05, 0) is 43.7 Å². The Balaban J connectivity index is 2.39. The van der Waals surface area contributed by atoms with Gasteiger partial charge in [-0.25, -0.2) is 0 Å². The van der Waals surface area contributed by atoms with Gasteiger partial charge in [-0.3, -0.25) is 4.98 Å². The van der Waals surface area contributed by atoms with Crippen LogP contribution < -0.4 is 4.90 Å². The third-order valence-corrected chi connectivity index (χ3v) is 3.45. The molecule has 0 aliphatic heterocycles. The van der Waals surface area contributed by atoms with Gasteiger partial charge >= 0.3 is 0 Å². The van der Waals surface area contributed by atoms with Crippen molar-refractivity contribution in [3.05, 3.63) is 59.4 Å². The smallest absolute Gasteiger partial charge is 0.0992 e. The summed E-state index contributed by atoms with van der Waals surface area (Å²) in [6.45, 7) is 5.31. The van der Waals surface area contributed by atoms with Crippen LogP contribution in [0.2, 0.25) is 0 Å². The van der Waals surface area contributed by atoms with Crippen LogP contribution >= 0.6 is 0 Å². The van der Waals surface area contributed by atoms with Crippen molar-refractivity contribution < 1.29 is 5.11 Å². The van der Waals surface area contributed by atoms with E-state index >= 15 is 0 Å². The lowest BCUT2D eigenvalue weighted by Gasteiger charge is -2.27. The minimum Gasteiger partial charge on any atom is -0.389 e. The highest BCUT2D eigenvalue weighted by molar-refractivity contribution is 5.58. The summed E-state index contributed by atoms with van der Waals surface area (Å²) < 4.78 is 0. The fourth-order valence-corrected chi connectivity index (χ4v) is 2.32. The van der Waals surface area contributed by atoms with Crippen molar-refractivity contribution in [1.29, 1.82) is 5.26 Å². The van der Waals surface area contributed by atoms with Gasteiger partial charge < -0.3 is 10.0 Å². The molecule has 21 heavy (non-hydrogen) atoms. The Kier molecular flexibility index (Phi) is 4.91. The zero-order valence-corrected chi connectivity index (χ0v) is 12.3. The van der Waals surface area contributed by atoms with E-state index in [0.29, 0.717) is 12.1 Å². The maximum absolute atomic E-state index is 9.96. The highest BCUT2D eigenvalue weighted by Gasteiger charge is 2.14. The minimum absolute atomic E-state index is 0.570. The van der Waals surface area contributed by atoms with Gasteiger partial charge in [-0.15, -0.1) is 0 Å². The maximum Gasteiger partial charge on any atom is 0.0992 e. The summed E-state index contributed by atoms with van der Waals surface area (Å²) in [5.41, 5.74) is 3.49. The molecule has 0 spiro atoms. The van der Waals surface area contributed by atoms with Crippen molar-refractivity contribution in [1.82, 2.24) is 4.98 Å². The lowest BCUT2D eigenvalue weighted by Crippen LogP contribution is -2.24. The quantitative estimate of drug-likeness (QED) is 0.915. The fraction of sp³-hybridized carbons (Fsp3) is 0.294. The average molecular weight is 281 g/mol. The first-order valence-corrected chi connectivity index (χ1v) is 7.01. The monoisotopic (exact) mass is 281 g/mol. The fourth-order valence-electron chi connectivity index (χ4n) is 2.32. The van der Waals surface area contributed by atoms with Gasteiger partial charge in [0, 0.05) is 36.7 Å². The van der Waals surface area contributed by atoms with E-state index in [9.17, 15) is 5.11 Å². The van der Waals surface area contributed by atoms with Crippen LogP contribution in [0.5, 0.6) is 0 Å². The Hall–Kier alpha value is -2.38. The molecule has 108 valence electrons. The second kappa shape index (κ2) is 6.87. The molecule has 0 aliphatic carbocycles. The zero-order valence-electron chi connectivity index (χ0n) is 12.3. The average Bonchev–Trinajstić information content (AvgIpc) is 2.52. The minimum atomic E-state index is -0.570. The molecule has 1 heterocycles. The number of hydrogen-bond acceptors (Lipinski definition) is 4. The van der Waals surface area contributed by atoms with Gasteiger partial charge in [-0.2, -0.15) is 5.26 Å². The molecule has 4 heteroatoms. The third-order valence-electron chi connectivity index (χ3n) is 3.45. The molecule has 0 bridgehead atoms. The normalized spacial score (nSPS) is 11.7. The predicted octanol–water partition coefficient (Wildman–Crippen LogP) is 3.03. The Morgan fingerprint density at radius 1 is 1.29 bits per heavy atom. The second-order valence-corrected chi connectivity index (χ2v) is 4.93. The van der Waals surface area contributed by atoms with E-state index in [1.807, 2.05) is 24.3 Å². The molecule has 0 aliphatic rings. The van der Waals surface area contributed by atoms with Crippen LogP contribution in [0.3, 0.4) is 0 Å². The van der Waals surface area contributed by atoms with Crippen molar-refractivity contribution in [3.8, 4) is 6.07 Å². The van der Waals surface area contributed by atoms with E-state index in [4.69, 9.17) is 5.26 Å². The molecule has 0 unspecified atom stereocenters. The number of nitriles is 1. The summed E-state index contributed by atoms with van der Waals surface area (Å²) in [6, 6.07) is 11.5. The van der Waals surface area contributed by atoms with Crippen LogP contribution in [-0.2, 0) is 6.54 Å². The highest BCUT2D eigenvalue weighted by Crippen LogP contribution is 2.28. The molecule has 1 aromatic carbocycles. The molecule has 0 amide bonds. The summed E-state index contributed by atoms with van der Waals surface area (Å²) in [5.74, 6) is 0. The van der Waals surface area contributed by atoms with Crippen LogP contribution in [0.25, 0.3) is 0 Å². The largest absolute Gasteiger partial charge is 0.389 e. The molecule has 4 nitrogen and oxygen atoms in total. The molecule has 2 rings (SSSR count). The topological polar surface area (TPSA) is 60.2 Å². The molecule has 2 aromatic rings. The van der Waals surface area contributed by atoms with Crippen molar-refractivity contribution in [3.63, 3.8) is 0 Å². The summed E-state index contributed by atoms with van der Waals surface area (Å²) >= 11 is 0. The van der Waals surface area contributed by atoms with Gasteiger partial charge in [-0.1, -0.05) is 6.07 Å². The first-order valence-electron chi connectivity index (χ1n) is 7.01. The van der Waals surface area contributed by atoms with Crippen molar-refractivity contribution >= 4 is 5.69 Å². The van der Waals surface area contributed by atoms with Gasteiger partial charge in [0.1, 0.15) is 0 Å². The lowest BCUT2D eigenvalue weighted by atomic mass is 10.0. The van der Waals surface area contributed by atoms with E-state index in [-0.39, 0.29) is 0 Å². The second-order valence-electron chi connectivity index (χ2n) is 4.93. The van der Waals surface area contributed by atoms with Crippen LogP contribution in [-0.4, -0.2) is 16.6 Å². The van der Waals surface area contributed by atoms with Crippen molar-refractivity contribution in [2.75, 3.05) is 11.4 Å². The van der Waals surface area contributed by atoms with Crippen molar-refractivity contribution in [2.45, 2.75) is 26.5 Å². The SMILES string of the molecule is CCN(Cc1ccncc1)c1cc(C#N)ccc1[C@H](C)O. The summed E-state index contributed by atoms with van der Waals surface area (Å²) in [5, 5.41) is 19.1. The van der Waals surface area contributed by atoms with Crippen LogP contribution in [0, 0.1) is 11.3 Å². The number of anilines is 1. The molecule has 1 aromatic heterocycles. The molecule has 0 radical (unpaired) electrons. The Morgan fingerprint density at radius 2 is 2.00 bits per heavy atom. The van der Waals surface area contributed by atoms with E-state index < -0.39 is 6.10 Å². The first-order chi connectivity index (χ1) is 10.2. The first kappa shape index (κ1) is 15.0. The van der Waals surface area contributed by atoms with E-state index in [0.717, 1.165) is 23.4 Å². The number of hydrogen-bond donors (Lipinski definition) is 1. The van der Waals surface area contributed by atoms with Crippen LogP contribution in [0.4, 0.5) is 5.69 Å². The van der Waals surface area contributed by atoms with Crippen LogP contribution in [0.1, 0.15) is 36.6 Å². The number of pyridine rings is 1. The molecule has 0 saturated carbocycles. The van der Waals surface area contributed by atoms with Crippen molar-refractivity contribution in [2.24, 2.45) is 0 Å². The summed E-state index contributed by atoms with van der Waals surface area (Å²) in [7, 11) is 0. The van der Waals surface area contributed by atoms with Gasteiger partial charge in [0.2, 0.25) is 0 Å². The molecule has 1 atom stereocenters. The molecular formula is C17H19N3O. The standard InChI is InChI=1S/C17H19N3O/c1-3-20(12-14-6-8-19-9-7-14)17-10-15(11-18)4-5-16(17)13(2)21/h4-10,13,21H,3,12H2,1-2H3/t13-/m0/s1. The van der Waals surface area contributed by atoms with Gasteiger partial charge in [0.05, 0.1) is 17.7 Å².